The average Bonchev–Trinajstić information content (AvgIpc) is 2.37. The summed E-state index contributed by atoms with van der Waals surface area (Å²) in [4.78, 5) is 0. The van der Waals surface area contributed by atoms with Crippen LogP contribution >= 0.6 is 0 Å². The molecule has 0 aliphatic carbocycles. The zero-order chi connectivity index (χ0) is 13.2. The molecule has 0 unspecified atom stereocenters. The van der Waals surface area contributed by atoms with Gasteiger partial charge >= 0.3 is 0 Å². The fourth-order valence-electron chi connectivity index (χ4n) is 1.54. The number of unbranched alkanes of at least 4 members (excludes halogenated alkanes) is 1. The number of hydrogen-bond donors (Lipinski definition) is 1. The molecule has 18 heavy (non-hydrogen) atoms. The zero-order valence-corrected chi connectivity index (χ0v) is 11.3. The summed E-state index contributed by atoms with van der Waals surface area (Å²) in [5.41, 5.74) is 7.46. The second kappa shape index (κ2) is 8.78. The van der Waals surface area contributed by atoms with E-state index in [0.29, 0.717) is 25.5 Å². The first-order chi connectivity index (χ1) is 8.76. The Morgan fingerprint density at radius 2 is 1.83 bits per heavy atom. The zero-order valence-electron chi connectivity index (χ0n) is 11.3. The van der Waals surface area contributed by atoms with Crippen molar-refractivity contribution >= 4 is 5.69 Å². The highest BCUT2D eigenvalue weighted by Gasteiger charge is 1.99. The van der Waals surface area contributed by atoms with Crippen molar-refractivity contribution in [2.24, 2.45) is 0 Å². The molecule has 2 N–H and O–H groups in total. The van der Waals surface area contributed by atoms with Crippen molar-refractivity contribution in [3.8, 4) is 5.75 Å². The minimum Gasteiger partial charge on any atom is -0.497 e. The van der Waals surface area contributed by atoms with Crippen LogP contribution in [-0.2, 0) is 16.1 Å². The Morgan fingerprint density at radius 3 is 2.56 bits per heavy atom. The molecule has 0 heterocycles. The van der Waals surface area contributed by atoms with Crippen molar-refractivity contribution in [1.29, 1.82) is 0 Å². The van der Waals surface area contributed by atoms with Gasteiger partial charge in [-0.25, -0.2) is 0 Å². The second-order valence-corrected chi connectivity index (χ2v) is 4.13. The van der Waals surface area contributed by atoms with Gasteiger partial charge in [0, 0.05) is 18.4 Å². The van der Waals surface area contributed by atoms with Crippen LogP contribution in [0.5, 0.6) is 5.75 Å². The van der Waals surface area contributed by atoms with E-state index in [1.165, 1.54) is 0 Å². The summed E-state index contributed by atoms with van der Waals surface area (Å²) in [5.74, 6) is 0.757. The Balaban J connectivity index is 2.20. The lowest BCUT2D eigenvalue weighted by Crippen LogP contribution is -2.05. The van der Waals surface area contributed by atoms with E-state index >= 15 is 0 Å². The van der Waals surface area contributed by atoms with Crippen molar-refractivity contribution in [2.75, 3.05) is 32.7 Å². The van der Waals surface area contributed by atoms with Crippen LogP contribution in [0.4, 0.5) is 5.69 Å². The van der Waals surface area contributed by atoms with E-state index in [2.05, 4.69) is 6.92 Å². The largest absolute Gasteiger partial charge is 0.497 e. The molecule has 4 heteroatoms. The third-order valence-electron chi connectivity index (χ3n) is 2.51. The lowest BCUT2D eigenvalue weighted by molar-refractivity contribution is 0.0396. The number of benzene rings is 1. The highest BCUT2D eigenvalue weighted by molar-refractivity contribution is 5.47. The number of nitrogens with two attached hydrogens (primary N) is 1. The Labute approximate surface area is 109 Å². The van der Waals surface area contributed by atoms with Crippen LogP contribution in [0.1, 0.15) is 25.3 Å². The number of nitrogen functional groups attached to an aromatic ring is 1. The fraction of sp³-hybridized carbons (Fsp3) is 0.571. The molecule has 0 bridgehead atoms. The van der Waals surface area contributed by atoms with E-state index in [-0.39, 0.29) is 0 Å². The topological polar surface area (TPSA) is 53.7 Å². The van der Waals surface area contributed by atoms with Crippen LogP contribution in [0.25, 0.3) is 0 Å². The summed E-state index contributed by atoms with van der Waals surface area (Å²) in [7, 11) is 1.63. The molecule has 0 saturated heterocycles. The molecule has 0 radical (unpaired) electrons. The molecule has 0 saturated carbocycles. The highest BCUT2D eigenvalue weighted by atomic mass is 16.5. The predicted molar refractivity (Wildman–Crippen MR) is 72.8 cm³/mol. The van der Waals surface area contributed by atoms with Gasteiger partial charge in [-0.15, -0.1) is 0 Å². The van der Waals surface area contributed by atoms with Gasteiger partial charge < -0.3 is 19.9 Å². The van der Waals surface area contributed by atoms with Gasteiger partial charge in [-0.05, 0) is 24.1 Å². The summed E-state index contributed by atoms with van der Waals surface area (Å²) in [6.45, 7) is 4.72. The molecule has 1 aromatic rings. The summed E-state index contributed by atoms with van der Waals surface area (Å²) in [6, 6.07) is 5.60. The summed E-state index contributed by atoms with van der Waals surface area (Å²) >= 11 is 0. The molecule has 102 valence electrons. The molecule has 0 aliphatic heterocycles. The summed E-state index contributed by atoms with van der Waals surface area (Å²) < 4.78 is 16.1. The van der Waals surface area contributed by atoms with Gasteiger partial charge in [0.25, 0.3) is 0 Å². The minimum atomic E-state index is 0.526. The Hall–Kier alpha value is -1.26. The van der Waals surface area contributed by atoms with Crippen molar-refractivity contribution < 1.29 is 14.2 Å². The van der Waals surface area contributed by atoms with E-state index < -0.39 is 0 Å². The molecule has 4 nitrogen and oxygen atoms in total. The standard InChI is InChI=1S/C14H23NO3/c1-3-4-5-17-6-7-18-11-12-8-13(15)10-14(9-12)16-2/h8-10H,3-7,11,15H2,1-2H3. The molecule has 1 aromatic carbocycles. The van der Waals surface area contributed by atoms with Crippen LogP contribution in [0.15, 0.2) is 18.2 Å². The lowest BCUT2D eigenvalue weighted by Gasteiger charge is -2.08. The van der Waals surface area contributed by atoms with Gasteiger partial charge in [-0.3, -0.25) is 0 Å². The maximum absolute atomic E-state index is 5.76. The smallest absolute Gasteiger partial charge is 0.121 e. The monoisotopic (exact) mass is 253 g/mol. The molecule has 0 amide bonds. The van der Waals surface area contributed by atoms with Gasteiger partial charge in [0.2, 0.25) is 0 Å². The first kappa shape index (κ1) is 14.8. The number of methoxy groups -OCH3 is 1. The van der Waals surface area contributed by atoms with E-state index in [1.807, 2.05) is 12.1 Å². The first-order valence-corrected chi connectivity index (χ1v) is 6.35. The number of ether oxygens (including phenoxy) is 3. The SMILES string of the molecule is CCCCOCCOCc1cc(N)cc(OC)c1. The summed E-state index contributed by atoms with van der Waals surface area (Å²) in [5, 5.41) is 0. The maximum atomic E-state index is 5.76. The van der Waals surface area contributed by atoms with Crippen LogP contribution in [0, 0.1) is 0 Å². The number of hydrogen-bond acceptors (Lipinski definition) is 4. The Morgan fingerprint density at radius 1 is 1.06 bits per heavy atom. The van der Waals surface area contributed by atoms with Gasteiger partial charge in [-0.1, -0.05) is 13.3 Å². The molecule has 0 aromatic heterocycles. The van der Waals surface area contributed by atoms with E-state index in [4.69, 9.17) is 19.9 Å². The fourth-order valence-corrected chi connectivity index (χ4v) is 1.54. The quantitative estimate of drug-likeness (QED) is 0.543. The molecule has 0 spiro atoms. The molecule has 0 atom stereocenters. The van der Waals surface area contributed by atoms with Crippen LogP contribution in [0.3, 0.4) is 0 Å². The van der Waals surface area contributed by atoms with E-state index in [9.17, 15) is 0 Å². The van der Waals surface area contributed by atoms with Gasteiger partial charge in [-0.2, -0.15) is 0 Å². The lowest BCUT2D eigenvalue weighted by atomic mass is 10.2. The first-order valence-electron chi connectivity index (χ1n) is 6.35. The van der Waals surface area contributed by atoms with Crippen LogP contribution in [-0.4, -0.2) is 26.9 Å². The van der Waals surface area contributed by atoms with Crippen LogP contribution in [0.2, 0.25) is 0 Å². The van der Waals surface area contributed by atoms with Crippen molar-refractivity contribution in [3.63, 3.8) is 0 Å². The van der Waals surface area contributed by atoms with Gasteiger partial charge in [0.05, 0.1) is 26.9 Å². The van der Waals surface area contributed by atoms with Crippen LogP contribution < -0.4 is 10.5 Å². The van der Waals surface area contributed by atoms with E-state index in [0.717, 1.165) is 30.8 Å². The van der Waals surface area contributed by atoms with Crippen molar-refractivity contribution in [3.05, 3.63) is 23.8 Å². The predicted octanol–water partition coefficient (Wildman–Crippen LogP) is 2.61. The molecular formula is C14H23NO3. The average molecular weight is 253 g/mol. The second-order valence-electron chi connectivity index (χ2n) is 4.13. The maximum Gasteiger partial charge on any atom is 0.121 e. The Kier molecular flexibility index (Phi) is 7.22. The normalized spacial score (nSPS) is 10.6. The van der Waals surface area contributed by atoms with Crippen molar-refractivity contribution in [1.82, 2.24) is 0 Å². The Bertz CT molecular complexity index is 342. The number of anilines is 1. The third-order valence-corrected chi connectivity index (χ3v) is 2.51. The minimum absolute atomic E-state index is 0.526. The molecular weight excluding hydrogens is 230 g/mol. The number of rotatable bonds is 9. The van der Waals surface area contributed by atoms with Crippen molar-refractivity contribution in [2.45, 2.75) is 26.4 Å². The van der Waals surface area contributed by atoms with Gasteiger partial charge in [0.1, 0.15) is 5.75 Å². The highest BCUT2D eigenvalue weighted by Crippen LogP contribution is 2.18. The van der Waals surface area contributed by atoms with Gasteiger partial charge in [0.15, 0.2) is 0 Å². The molecule has 0 fully saturated rings. The molecule has 1 rings (SSSR count). The summed E-state index contributed by atoms with van der Waals surface area (Å²) in [6.07, 6.45) is 2.26. The molecule has 0 aliphatic rings. The third kappa shape index (κ3) is 5.89. The van der Waals surface area contributed by atoms with E-state index in [1.54, 1.807) is 13.2 Å².